The minimum atomic E-state index is -0.384. The zero-order chi connectivity index (χ0) is 17.1. The molecule has 0 spiro atoms. The van der Waals surface area contributed by atoms with Crippen LogP contribution in [0.4, 0.5) is 0 Å². The second-order valence-electron chi connectivity index (χ2n) is 6.36. The van der Waals surface area contributed by atoms with Gasteiger partial charge in [0.05, 0.1) is 7.11 Å². The molecule has 0 bridgehead atoms. The van der Waals surface area contributed by atoms with E-state index in [9.17, 15) is 9.59 Å². The van der Waals surface area contributed by atoms with Crippen LogP contribution in [0.2, 0.25) is 5.02 Å². The molecule has 0 unspecified atom stereocenters. The van der Waals surface area contributed by atoms with Crippen LogP contribution in [0.5, 0.6) is 0 Å². The molecule has 1 aromatic carbocycles. The normalized spacial score (nSPS) is 23.6. The van der Waals surface area contributed by atoms with Gasteiger partial charge in [-0.15, -0.1) is 0 Å². The van der Waals surface area contributed by atoms with Gasteiger partial charge in [0, 0.05) is 30.2 Å². The van der Waals surface area contributed by atoms with E-state index in [0.717, 1.165) is 24.8 Å². The molecule has 1 aliphatic carbocycles. The highest BCUT2D eigenvalue weighted by Gasteiger charge is 2.48. The van der Waals surface area contributed by atoms with E-state index < -0.39 is 0 Å². The highest BCUT2D eigenvalue weighted by molar-refractivity contribution is 6.31. The Morgan fingerprint density at radius 3 is 2.67 bits per heavy atom. The van der Waals surface area contributed by atoms with Crippen LogP contribution in [0.15, 0.2) is 24.3 Å². The van der Waals surface area contributed by atoms with Crippen molar-refractivity contribution >= 4 is 23.5 Å². The zero-order valence-corrected chi connectivity index (χ0v) is 14.5. The first-order chi connectivity index (χ1) is 11.6. The van der Waals surface area contributed by atoms with Gasteiger partial charge in [0.2, 0.25) is 5.91 Å². The molecule has 1 aromatic rings. The second kappa shape index (κ2) is 7.53. The minimum Gasteiger partial charge on any atom is -0.468 e. The standard InChI is InChI=1S/C18H22ClNO4/c1-23-17(21)11-20(12-6-8-24-9-7-12)18(22)15-10-14(15)13-4-2-3-5-16(13)19/h2-5,12,14-15H,6-11H2,1H3/t14-,15-/m1/s1. The quantitative estimate of drug-likeness (QED) is 0.765. The van der Waals surface area contributed by atoms with Gasteiger partial charge in [-0.3, -0.25) is 9.59 Å². The molecule has 5 nitrogen and oxygen atoms in total. The van der Waals surface area contributed by atoms with E-state index in [4.69, 9.17) is 21.1 Å². The van der Waals surface area contributed by atoms with Crippen LogP contribution < -0.4 is 0 Å². The molecule has 1 saturated heterocycles. The molecule has 1 amide bonds. The van der Waals surface area contributed by atoms with Crippen LogP contribution in [0.1, 0.15) is 30.7 Å². The summed E-state index contributed by atoms with van der Waals surface area (Å²) >= 11 is 6.25. The van der Waals surface area contributed by atoms with Gasteiger partial charge >= 0.3 is 5.97 Å². The summed E-state index contributed by atoms with van der Waals surface area (Å²) in [4.78, 5) is 26.4. The van der Waals surface area contributed by atoms with Crippen LogP contribution in [0.25, 0.3) is 0 Å². The monoisotopic (exact) mass is 351 g/mol. The Bertz CT molecular complexity index is 615. The molecular formula is C18H22ClNO4. The zero-order valence-electron chi connectivity index (χ0n) is 13.7. The summed E-state index contributed by atoms with van der Waals surface area (Å²) in [6.45, 7) is 1.24. The summed E-state index contributed by atoms with van der Waals surface area (Å²) in [5.74, 6) is -0.314. The first-order valence-corrected chi connectivity index (χ1v) is 8.69. The lowest BCUT2D eigenvalue weighted by Crippen LogP contribution is -2.47. The molecule has 0 N–H and O–H groups in total. The molecule has 3 rings (SSSR count). The summed E-state index contributed by atoms with van der Waals surface area (Å²) in [5, 5.41) is 0.698. The highest BCUT2D eigenvalue weighted by Crippen LogP contribution is 2.50. The molecule has 1 heterocycles. The number of methoxy groups -OCH3 is 1. The minimum absolute atomic E-state index is 0.00570. The molecule has 2 atom stereocenters. The summed E-state index contributed by atoms with van der Waals surface area (Å²) in [5.41, 5.74) is 1.02. The van der Waals surface area contributed by atoms with E-state index >= 15 is 0 Å². The Labute approximate surface area is 146 Å². The Kier molecular flexibility index (Phi) is 5.41. The van der Waals surface area contributed by atoms with Gasteiger partial charge in [-0.05, 0) is 36.8 Å². The Balaban J connectivity index is 1.72. The lowest BCUT2D eigenvalue weighted by atomic mass is 10.0. The van der Waals surface area contributed by atoms with Crippen molar-refractivity contribution < 1.29 is 19.1 Å². The van der Waals surface area contributed by atoms with Gasteiger partial charge in [-0.25, -0.2) is 0 Å². The molecule has 0 aromatic heterocycles. The third-order valence-corrected chi connectivity index (χ3v) is 5.20. The fraction of sp³-hybridized carbons (Fsp3) is 0.556. The number of nitrogens with zero attached hydrogens (tertiary/aromatic N) is 1. The van der Waals surface area contributed by atoms with Gasteiger partial charge < -0.3 is 14.4 Å². The first-order valence-electron chi connectivity index (χ1n) is 8.31. The lowest BCUT2D eigenvalue weighted by Gasteiger charge is -2.33. The van der Waals surface area contributed by atoms with Gasteiger partial charge in [0.1, 0.15) is 6.54 Å². The largest absolute Gasteiger partial charge is 0.468 e. The molecule has 0 radical (unpaired) electrons. The molecule has 2 fully saturated rings. The second-order valence-corrected chi connectivity index (χ2v) is 6.76. The van der Waals surface area contributed by atoms with Crippen molar-refractivity contribution in [1.29, 1.82) is 0 Å². The van der Waals surface area contributed by atoms with Crippen LogP contribution in [0.3, 0.4) is 0 Å². The molecule has 1 aliphatic heterocycles. The maximum atomic E-state index is 13.0. The van der Waals surface area contributed by atoms with Gasteiger partial charge in [0.25, 0.3) is 0 Å². The van der Waals surface area contributed by atoms with Crippen molar-refractivity contribution in [2.45, 2.75) is 31.2 Å². The number of hydrogen-bond acceptors (Lipinski definition) is 4. The van der Waals surface area contributed by atoms with E-state index in [1.54, 1.807) is 4.90 Å². The van der Waals surface area contributed by atoms with Crippen molar-refractivity contribution in [1.82, 2.24) is 4.90 Å². The molecule has 1 saturated carbocycles. The van der Waals surface area contributed by atoms with E-state index in [-0.39, 0.29) is 36.3 Å². The number of halogens is 1. The number of carbonyl (C=O) groups is 2. The molecule has 6 heteroatoms. The van der Waals surface area contributed by atoms with Crippen molar-refractivity contribution in [2.24, 2.45) is 5.92 Å². The number of hydrogen-bond donors (Lipinski definition) is 0. The SMILES string of the molecule is COC(=O)CN(C(=O)[C@@H]1C[C@@H]1c1ccccc1Cl)C1CCOCC1. The summed E-state index contributed by atoms with van der Waals surface area (Å²) in [6.07, 6.45) is 2.29. The fourth-order valence-electron chi connectivity index (χ4n) is 3.39. The highest BCUT2D eigenvalue weighted by atomic mass is 35.5. The molecule has 24 heavy (non-hydrogen) atoms. The summed E-state index contributed by atoms with van der Waals surface area (Å²) < 4.78 is 10.1. The molecule has 2 aliphatic rings. The third kappa shape index (κ3) is 3.73. The van der Waals surface area contributed by atoms with Crippen molar-refractivity contribution in [3.05, 3.63) is 34.9 Å². The Morgan fingerprint density at radius 2 is 2.00 bits per heavy atom. The van der Waals surface area contributed by atoms with Gasteiger partial charge in [-0.1, -0.05) is 29.8 Å². The third-order valence-electron chi connectivity index (χ3n) is 4.85. The number of ether oxygens (including phenoxy) is 2. The smallest absolute Gasteiger partial charge is 0.325 e. The fourth-order valence-corrected chi connectivity index (χ4v) is 3.66. The number of esters is 1. The van der Waals surface area contributed by atoms with Crippen LogP contribution in [-0.2, 0) is 19.1 Å². The average molecular weight is 352 g/mol. The topological polar surface area (TPSA) is 55.8 Å². The van der Waals surface area contributed by atoms with E-state index in [1.165, 1.54) is 7.11 Å². The predicted octanol–water partition coefficient (Wildman–Crippen LogP) is 2.62. The van der Waals surface area contributed by atoms with E-state index in [0.29, 0.717) is 18.2 Å². The number of amides is 1. The summed E-state index contributed by atoms with van der Waals surface area (Å²) in [7, 11) is 1.35. The van der Waals surface area contributed by atoms with E-state index in [2.05, 4.69) is 0 Å². The maximum Gasteiger partial charge on any atom is 0.325 e. The number of carbonyl (C=O) groups excluding carboxylic acids is 2. The van der Waals surface area contributed by atoms with Crippen LogP contribution in [0, 0.1) is 5.92 Å². The Morgan fingerprint density at radius 1 is 1.29 bits per heavy atom. The Hall–Kier alpha value is -1.59. The number of rotatable bonds is 5. The molecular weight excluding hydrogens is 330 g/mol. The summed E-state index contributed by atoms with van der Waals surface area (Å²) in [6, 6.07) is 7.68. The number of benzene rings is 1. The predicted molar refractivity (Wildman–Crippen MR) is 89.9 cm³/mol. The average Bonchev–Trinajstić information content (AvgIpc) is 3.40. The van der Waals surface area contributed by atoms with Gasteiger partial charge in [-0.2, -0.15) is 0 Å². The van der Waals surface area contributed by atoms with Crippen molar-refractivity contribution in [3.63, 3.8) is 0 Å². The van der Waals surface area contributed by atoms with Crippen LogP contribution in [-0.4, -0.2) is 49.7 Å². The first kappa shape index (κ1) is 17.2. The van der Waals surface area contributed by atoms with E-state index in [1.807, 2.05) is 24.3 Å². The van der Waals surface area contributed by atoms with Crippen LogP contribution >= 0.6 is 11.6 Å². The maximum absolute atomic E-state index is 13.0. The molecule has 130 valence electrons. The lowest BCUT2D eigenvalue weighted by molar-refractivity contribution is -0.150. The van der Waals surface area contributed by atoms with Gasteiger partial charge in [0.15, 0.2) is 0 Å². The van der Waals surface area contributed by atoms with Crippen molar-refractivity contribution in [3.8, 4) is 0 Å². The van der Waals surface area contributed by atoms with Crippen molar-refractivity contribution in [2.75, 3.05) is 26.9 Å².